The van der Waals surface area contributed by atoms with E-state index in [1.165, 1.54) is 152 Å². The zero-order valence-electron chi connectivity index (χ0n) is 23.9. The summed E-state index contributed by atoms with van der Waals surface area (Å²) in [6, 6.07) is 4.62. The third-order valence-corrected chi connectivity index (χ3v) is 6.95. The van der Waals surface area contributed by atoms with E-state index in [9.17, 15) is 9.90 Å². The molecule has 0 unspecified atom stereocenters. The molecule has 1 heterocycles. The largest absolute Gasteiger partial charge is 0.543 e. The number of carboxylic acids is 1. The molecule has 35 heavy (non-hydrogen) atoms. The summed E-state index contributed by atoms with van der Waals surface area (Å²) in [5.41, 5.74) is -0.0301. The monoisotopic (exact) mass is 490 g/mol. The van der Waals surface area contributed by atoms with Crippen LogP contribution < -0.4 is 5.11 Å². The van der Waals surface area contributed by atoms with E-state index in [1.54, 1.807) is 12.1 Å². The van der Waals surface area contributed by atoms with Crippen LogP contribution in [-0.4, -0.2) is 41.6 Å². The van der Waals surface area contributed by atoms with Crippen LogP contribution in [0.15, 0.2) is 24.4 Å². The standard InChI is InChI=1S/C25H54N.C6H5NO2/c1-5-9-10-11-12-13-14-15-16-17-18-19-20-21-25-26(22-6-2,23-7-3)24-8-4;8-6(9)5-3-1-2-4-7-5/h5-25H2,1-4H3;1-4H,(H,8,9)/q+1;/p-1. The highest BCUT2D eigenvalue weighted by Crippen LogP contribution is 2.16. The maximum atomic E-state index is 10.0. The van der Waals surface area contributed by atoms with E-state index in [0.29, 0.717) is 0 Å². The molecular formula is C31H58N2O2. The number of hydrogen-bond donors (Lipinski definition) is 0. The highest BCUT2D eigenvalue weighted by molar-refractivity contribution is 5.83. The third-order valence-electron chi connectivity index (χ3n) is 6.95. The minimum atomic E-state index is -1.24. The van der Waals surface area contributed by atoms with Crippen LogP contribution in [0.25, 0.3) is 0 Å². The molecule has 0 aromatic carbocycles. The van der Waals surface area contributed by atoms with E-state index in [0.717, 1.165) is 0 Å². The Hall–Kier alpha value is -1.42. The van der Waals surface area contributed by atoms with Crippen LogP contribution in [0.3, 0.4) is 0 Å². The van der Waals surface area contributed by atoms with E-state index in [-0.39, 0.29) is 5.69 Å². The first-order valence-corrected chi connectivity index (χ1v) is 15.0. The lowest BCUT2D eigenvalue weighted by Gasteiger charge is -2.38. The Kier molecular flexibility index (Phi) is 23.3. The molecule has 0 aliphatic rings. The van der Waals surface area contributed by atoms with Crippen molar-refractivity contribution in [2.45, 2.75) is 137 Å². The van der Waals surface area contributed by atoms with Gasteiger partial charge in [-0.2, -0.15) is 0 Å². The van der Waals surface area contributed by atoms with Gasteiger partial charge in [0.1, 0.15) is 0 Å². The van der Waals surface area contributed by atoms with Crippen molar-refractivity contribution in [2.24, 2.45) is 0 Å². The minimum Gasteiger partial charge on any atom is -0.543 e. The zero-order valence-corrected chi connectivity index (χ0v) is 23.9. The van der Waals surface area contributed by atoms with Crippen LogP contribution in [0.5, 0.6) is 0 Å². The third kappa shape index (κ3) is 19.4. The molecule has 0 saturated heterocycles. The van der Waals surface area contributed by atoms with Crippen molar-refractivity contribution in [3.8, 4) is 0 Å². The fraction of sp³-hybridized carbons (Fsp3) is 0.806. The minimum absolute atomic E-state index is 0.0301. The van der Waals surface area contributed by atoms with Gasteiger partial charge in [-0.15, -0.1) is 0 Å². The normalized spacial score (nSPS) is 11.2. The first-order valence-electron chi connectivity index (χ1n) is 15.0. The van der Waals surface area contributed by atoms with Crippen molar-refractivity contribution in [2.75, 3.05) is 26.2 Å². The molecule has 0 aliphatic heterocycles. The average Bonchev–Trinajstić information content (AvgIpc) is 2.86. The Morgan fingerprint density at radius 2 is 1.06 bits per heavy atom. The predicted octanol–water partition coefficient (Wildman–Crippen LogP) is 7.96. The first-order chi connectivity index (χ1) is 17.0. The van der Waals surface area contributed by atoms with Gasteiger partial charge in [0, 0.05) is 6.20 Å². The number of carbonyl (C=O) groups excluding carboxylic acids is 1. The van der Waals surface area contributed by atoms with Crippen LogP contribution in [0.1, 0.15) is 147 Å². The fourth-order valence-corrected chi connectivity index (χ4v) is 5.22. The molecule has 0 aliphatic carbocycles. The summed E-state index contributed by atoms with van der Waals surface area (Å²) in [5, 5.41) is 10.0. The fourth-order valence-electron chi connectivity index (χ4n) is 5.22. The number of quaternary nitrogens is 1. The molecule has 0 fully saturated rings. The number of carboxylic acid groups (broad SMARTS) is 1. The molecule has 1 aromatic rings. The summed E-state index contributed by atoms with van der Waals surface area (Å²) in [6.07, 6.45) is 26.0. The lowest BCUT2D eigenvalue weighted by Crippen LogP contribution is -2.50. The molecule has 0 amide bonds. The predicted molar refractivity (Wildman–Crippen MR) is 149 cm³/mol. The molecule has 0 radical (unpaired) electrons. The Bertz CT molecular complexity index is 560. The highest BCUT2D eigenvalue weighted by atomic mass is 16.4. The summed E-state index contributed by atoms with van der Waals surface area (Å²) < 4.78 is 1.40. The van der Waals surface area contributed by atoms with Crippen molar-refractivity contribution >= 4 is 5.97 Å². The Morgan fingerprint density at radius 1 is 0.629 bits per heavy atom. The first kappa shape index (κ1) is 33.6. The smallest absolute Gasteiger partial charge is 0.0899 e. The second-order valence-corrected chi connectivity index (χ2v) is 10.3. The van der Waals surface area contributed by atoms with Gasteiger partial charge in [0.05, 0.1) is 37.8 Å². The highest BCUT2D eigenvalue weighted by Gasteiger charge is 2.23. The molecule has 0 bridgehead atoms. The van der Waals surface area contributed by atoms with Gasteiger partial charge in [-0.1, -0.05) is 111 Å². The van der Waals surface area contributed by atoms with Crippen molar-refractivity contribution in [1.82, 2.24) is 4.98 Å². The summed E-state index contributed by atoms with van der Waals surface area (Å²) in [4.78, 5) is 13.5. The molecule has 1 rings (SSSR count). The second kappa shape index (κ2) is 24.3. The Labute approximate surface area is 218 Å². The van der Waals surface area contributed by atoms with E-state index < -0.39 is 5.97 Å². The van der Waals surface area contributed by atoms with E-state index in [4.69, 9.17) is 0 Å². The van der Waals surface area contributed by atoms with Gasteiger partial charge in [0.15, 0.2) is 0 Å². The lowest BCUT2D eigenvalue weighted by molar-refractivity contribution is -0.928. The van der Waals surface area contributed by atoms with Crippen molar-refractivity contribution in [1.29, 1.82) is 0 Å². The number of nitrogens with zero attached hydrogens (tertiary/aromatic N) is 2. The van der Waals surface area contributed by atoms with E-state index in [2.05, 4.69) is 32.7 Å². The van der Waals surface area contributed by atoms with Gasteiger partial charge >= 0.3 is 0 Å². The van der Waals surface area contributed by atoms with E-state index >= 15 is 0 Å². The van der Waals surface area contributed by atoms with E-state index in [1.807, 2.05) is 0 Å². The molecule has 4 heteroatoms. The number of rotatable bonds is 22. The van der Waals surface area contributed by atoms with Gasteiger partial charge in [-0.05, 0) is 44.2 Å². The van der Waals surface area contributed by atoms with Crippen LogP contribution in [0, 0.1) is 0 Å². The lowest BCUT2D eigenvalue weighted by atomic mass is 10.0. The maximum Gasteiger partial charge on any atom is 0.0899 e. The molecule has 0 N–H and O–H groups in total. The SMILES string of the molecule is CCCCCCCCCCCCCCCC[N+](CCC)(CCC)CCC.O=C([O-])c1ccccn1. The topological polar surface area (TPSA) is 53.0 Å². The number of aromatic carboxylic acids is 1. The summed E-state index contributed by atoms with van der Waals surface area (Å²) in [5.74, 6) is -1.24. The molecule has 0 saturated carbocycles. The number of hydrogen-bond acceptors (Lipinski definition) is 3. The van der Waals surface area contributed by atoms with Crippen molar-refractivity contribution in [3.63, 3.8) is 0 Å². The summed E-state index contributed by atoms with van der Waals surface area (Å²) in [6.45, 7) is 15.0. The number of unbranched alkanes of at least 4 members (excludes halogenated alkanes) is 13. The molecule has 4 nitrogen and oxygen atoms in total. The zero-order chi connectivity index (χ0) is 26.0. The molecule has 1 aromatic heterocycles. The van der Waals surface area contributed by atoms with Gasteiger partial charge in [-0.25, -0.2) is 0 Å². The van der Waals surface area contributed by atoms with Crippen LogP contribution in [0.4, 0.5) is 0 Å². The Morgan fingerprint density at radius 3 is 1.37 bits per heavy atom. The molecule has 0 spiro atoms. The summed E-state index contributed by atoms with van der Waals surface area (Å²) >= 11 is 0. The van der Waals surface area contributed by atoms with Gasteiger partial charge < -0.3 is 14.4 Å². The van der Waals surface area contributed by atoms with Crippen LogP contribution in [0.2, 0.25) is 0 Å². The average molecular weight is 491 g/mol. The van der Waals surface area contributed by atoms with Crippen molar-refractivity contribution < 1.29 is 14.4 Å². The van der Waals surface area contributed by atoms with Crippen LogP contribution >= 0.6 is 0 Å². The quantitative estimate of drug-likeness (QED) is 0.122. The van der Waals surface area contributed by atoms with Gasteiger partial charge in [-0.3, -0.25) is 4.98 Å². The summed E-state index contributed by atoms with van der Waals surface area (Å²) in [7, 11) is 0. The maximum absolute atomic E-state index is 10.0. The van der Waals surface area contributed by atoms with Crippen LogP contribution in [-0.2, 0) is 0 Å². The number of aromatic nitrogens is 1. The Balaban J connectivity index is 0.00000106. The second-order valence-electron chi connectivity index (χ2n) is 10.3. The molecule has 0 atom stereocenters. The van der Waals surface area contributed by atoms with Gasteiger partial charge in [0.25, 0.3) is 0 Å². The molecular weight excluding hydrogens is 432 g/mol. The number of carbonyl (C=O) groups is 1. The van der Waals surface area contributed by atoms with Gasteiger partial charge in [0.2, 0.25) is 0 Å². The molecule has 204 valence electrons. The number of pyridine rings is 1. The van der Waals surface area contributed by atoms with Crippen molar-refractivity contribution in [3.05, 3.63) is 30.1 Å².